The summed E-state index contributed by atoms with van der Waals surface area (Å²) in [6.07, 6.45) is 3.63. The Bertz CT molecular complexity index is 662. The minimum Gasteiger partial charge on any atom is -0.352 e. The zero-order chi connectivity index (χ0) is 17.7. The molecule has 8 heteroatoms. The van der Waals surface area contributed by atoms with Crippen LogP contribution in [-0.4, -0.2) is 45.8 Å². The lowest BCUT2D eigenvalue weighted by molar-refractivity contribution is -0.123. The summed E-state index contributed by atoms with van der Waals surface area (Å²) in [5.41, 5.74) is 0.487. The van der Waals surface area contributed by atoms with E-state index >= 15 is 0 Å². The van der Waals surface area contributed by atoms with Crippen molar-refractivity contribution in [3.05, 3.63) is 15.9 Å². The molecule has 25 heavy (non-hydrogen) atoms. The van der Waals surface area contributed by atoms with Gasteiger partial charge in [-0.15, -0.1) is 0 Å². The van der Waals surface area contributed by atoms with Gasteiger partial charge in [-0.2, -0.15) is 5.10 Å². The van der Waals surface area contributed by atoms with E-state index in [0.29, 0.717) is 16.6 Å². The first kappa shape index (κ1) is 17.4. The highest BCUT2D eigenvalue weighted by Crippen LogP contribution is 2.45. The number of nitrogens with one attached hydrogen (secondary N) is 1. The highest BCUT2D eigenvalue weighted by molar-refractivity contribution is 9.10. The van der Waals surface area contributed by atoms with E-state index in [-0.39, 0.29) is 30.1 Å². The van der Waals surface area contributed by atoms with E-state index in [1.807, 2.05) is 0 Å². The molecule has 1 saturated carbocycles. The molecule has 2 bridgehead atoms. The number of alkyl halides is 2. The van der Waals surface area contributed by atoms with Crippen LogP contribution in [0.3, 0.4) is 0 Å². The number of hydrogen-bond acceptors (Lipinski definition) is 3. The van der Waals surface area contributed by atoms with E-state index in [1.54, 1.807) is 0 Å². The predicted octanol–water partition coefficient (Wildman–Crippen LogP) is 3.20. The number of piperidine rings is 1. The van der Waals surface area contributed by atoms with Crippen molar-refractivity contribution in [2.45, 2.75) is 75.5 Å². The number of carbonyl (C=O) groups is 1. The Hall–Kier alpha value is -1.02. The van der Waals surface area contributed by atoms with E-state index in [0.717, 1.165) is 31.4 Å². The van der Waals surface area contributed by atoms with Crippen molar-refractivity contribution >= 4 is 21.8 Å². The molecule has 0 aromatic carbocycles. The zero-order valence-corrected chi connectivity index (χ0v) is 15.8. The fraction of sp³-hybridized carbons (Fsp3) is 0.765. The number of aromatic nitrogens is 2. The van der Waals surface area contributed by atoms with Gasteiger partial charge in [0.25, 0.3) is 6.43 Å². The molecule has 1 N–H and O–H groups in total. The summed E-state index contributed by atoms with van der Waals surface area (Å²) in [6, 6.07) is 1.28. The Kier molecular flexibility index (Phi) is 4.60. The van der Waals surface area contributed by atoms with Gasteiger partial charge in [0.2, 0.25) is 5.91 Å². The van der Waals surface area contributed by atoms with Gasteiger partial charge in [-0.25, -0.2) is 8.78 Å². The van der Waals surface area contributed by atoms with Gasteiger partial charge in [0.15, 0.2) is 0 Å². The Labute approximate surface area is 154 Å². The lowest BCUT2D eigenvalue weighted by Crippen LogP contribution is -2.49. The van der Waals surface area contributed by atoms with Gasteiger partial charge in [-0.05, 0) is 61.5 Å². The molecular formula is C17H23BrF2N4O. The lowest BCUT2D eigenvalue weighted by Gasteiger charge is -2.36. The van der Waals surface area contributed by atoms with Crippen molar-refractivity contribution in [3.63, 3.8) is 0 Å². The number of nitrogens with zero attached hydrogens (tertiary/aromatic N) is 3. The SMILES string of the molecule is CN1C2CCC1CC(NC(=O)Cn1nc(C(F)F)c(Br)c1C1CC1)C2. The van der Waals surface area contributed by atoms with Gasteiger partial charge in [-0.1, -0.05) is 0 Å². The van der Waals surface area contributed by atoms with E-state index in [4.69, 9.17) is 0 Å². The zero-order valence-electron chi connectivity index (χ0n) is 14.2. The molecule has 0 spiro atoms. The second kappa shape index (κ2) is 6.61. The summed E-state index contributed by atoms with van der Waals surface area (Å²) in [7, 11) is 2.16. The molecule has 3 fully saturated rings. The fourth-order valence-electron chi connectivity index (χ4n) is 4.42. The number of fused-ring (bicyclic) bond motifs is 2. The Morgan fingerprint density at radius 2 is 1.92 bits per heavy atom. The number of carbonyl (C=O) groups excluding carboxylic acids is 1. The van der Waals surface area contributed by atoms with Crippen LogP contribution in [0.25, 0.3) is 0 Å². The van der Waals surface area contributed by atoms with Crippen LogP contribution in [-0.2, 0) is 11.3 Å². The van der Waals surface area contributed by atoms with Gasteiger partial charge in [-0.3, -0.25) is 9.48 Å². The fourth-order valence-corrected chi connectivity index (χ4v) is 5.20. The van der Waals surface area contributed by atoms with Crippen LogP contribution in [0.15, 0.2) is 4.47 Å². The van der Waals surface area contributed by atoms with E-state index < -0.39 is 6.43 Å². The molecule has 2 atom stereocenters. The average Bonchev–Trinajstić information content (AvgIpc) is 3.29. The van der Waals surface area contributed by atoms with Crippen LogP contribution < -0.4 is 5.32 Å². The normalized spacial score (nSPS) is 29.4. The minimum atomic E-state index is -2.64. The van der Waals surface area contributed by atoms with Gasteiger partial charge in [0, 0.05) is 24.0 Å². The maximum absolute atomic E-state index is 13.1. The first-order valence-corrected chi connectivity index (χ1v) is 9.79. The molecule has 5 nitrogen and oxygen atoms in total. The molecule has 1 aromatic rings. The second-order valence-corrected chi connectivity index (χ2v) is 8.40. The molecule has 3 heterocycles. The number of hydrogen-bond donors (Lipinski definition) is 1. The summed E-state index contributed by atoms with van der Waals surface area (Å²) in [5, 5.41) is 7.11. The van der Waals surface area contributed by atoms with E-state index in [9.17, 15) is 13.6 Å². The lowest BCUT2D eigenvalue weighted by atomic mass is 9.98. The van der Waals surface area contributed by atoms with Crippen LogP contribution in [0, 0.1) is 0 Å². The van der Waals surface area contributed by atoms with Gasteiger partial charge >= 0.3 is 0 Å². The summed E-state index contributed by atoms with van der Waals surface area (Å²) in [4.78, 5) is 14.9. The first-order chi connectivity index (χ1) is 11.9. The molecule has 2 unspecified atom stereocenters. The molecule has 1 amide bonds. The highest BCUT2D eigenvalue weighted by Gasteiger charge is 2.39. The second-order valence-electron chi connectivity index (χ2n) is 7.60. The Morgan fingerprint density at radius 1 is 1.28 bits per heavy atom. The van der Waals surface area contributed by atoms with Crippen LogP contribution in [0.2, 0.25) is 0 Å². The van der Waals surface area contributed by atoms with Crippen molar-refractivity contribution in [1.29, 1.82) is 0 Å². The van der Waals surface area contributed by atoms with Crippen molar-refractivity contribution in [2.24, 2.45) is 0 Å². The molecule has 1 aliphatic carbocycles. The molecule has 2 saturated heterocycles. The van der Waals surface area contributed by atoms with Crippen molar-refractivity contribution in [1.82, 2.24) is 20.0 Å². The third-order valence-corrected chi connectivity index (χ3v) is 6.70. The maximum Gasteiger partial charge on any atom is 0.283 e. The summed E-state index contributed by atoms with van der Waals surface area (Å²) in [5.74, 6) is 0.105. The Morgan fingerprint density at radius 3 is 2.48 bits per heavy atom. The van der Waals surface area contributed by atoms with Gasteiger partial charge < -0.3 is 10.2 Å². The van der Waals surface area contributed by atoms with Gasteiger partial charge in [0.1, 0.15) is 12.2 Å². The third kappa shape index (κ3) is 3.35. The quantitative estimate of drug-likeness (QED) is 0.801. The minimum absolute atomic E-state index is 0.0127. The molecule has 0 radical (unpaired) electrons. The summed E-state index contributed by atoms with van der Waals surface area (Å²) < 4.78 is 28.1. The summed E-state index contributed by atoms with van der Waals surface area (Å²) in [6.45, 7) is 0.0127. The third-order valence-electron chi connectivity index (χ3n) is 5.88. The summed E-state index contributed by atoms with van der Waals surface area (Å²) >= 11 is 3.26. The smallest absolute Gasteiger partial charge is 0.283 e. The molecule has 138 valence electrons. The van der Waals surface area contributed by atoms with Crippen molar-refractivity contribution in [2.75, 3.05) is 7.05 Å². The van der Waals surface area contributed by atoms with Crippen LogP contribution in [0.5, 0.6) is 0 Å². The largest absolute Gasteiger partial charge is 0.352 e. The number of rotatable bonds is 5. The molecular weight excluding hydrogens is 394 g/mol. The highest BCUT2D eigenvalue weighted by atomic mass is 79.9. The maximum atomic E-state index is 13.1. The number of amides is 1. The van der Waals surface area contributed by atoms with Crippen LogP contribution in [0.4, 0.5) is 8.78 Å². The average molecular weight is 417 g/mol. The standard InChI is InChI=1S/C17H23BrF2N4O/c1-23-11-4-5-12(23)7-10(6-11)21-13(25)8-24-16(9-2-3-9)14(18)15(22-24)17(19)20/h9-12,17H,2-8H2,1H3,(H,21,25). The molecule has 3 aliphatic rings. The Balaban J connectivity index is 1.44. The molecule has 2 aliphatic heterocycles. The van der Waals surface area contributed by atoms with E-state index in [2.05, 4.69) is 38.3 Å². The van der Waals surface area contributed by atoms with Crippen molar-refractivity contribution < 1.29 is 13.6 Å². The number of halogens is 3. The van der Waals surface area contributed by atoms with Crippen LogP contribution >= 0.6 is 15.9 Å². The molecule has 4 rings (SSSR count). The predicted molar refractivity (Wildman–Crippen MR) is 92.6 cm³/mol. The van der Waals surface area contributed by atoms with Crippen molar-refractivity contribution in [3.8, 4) is 0 Å². The topological polar surface area (TPSA) is 50.2 Å². The molecule has 1 aromatic heterocycles. The van der Waals surface area contributed by atoms with Crippen LogP contribution in [0.1, 0.15) is 62.3 Å². The van der Waals surface area contributed by atoms with Gasteiger partial charge in [0.05, 0.1) is 10.2 Å². The first-order valence-electron chi connectivity index (χ1n) is 8.99. The monoisotopic (exact) mass is 416 g/mol. The van der Waals surface area contributed by atoms with E-state index in [1.165, 1.54) is 17.5 Å².